The zero-order chi connectivity index (χ0) is 30.7. The summed E-state index contributed by atoms with van der Waals surface area (Å²) >= 11 is 0. The predicted octanol–water partition coefficient (Wildman–Crippen LogP) is 5.08. The number of pyridine rings is 1. The summed E-state index contributed by atoms with van der Waals surface area (Å²) < 4.78 is 54.6. The molecular weight excluding hydrogens is 576 g/mol. The molecule has 1 atom stereocenters. The van der Waals surface area contributed by atoms with Crippen molar-refractivity contribution in [2.75, 3.05) is 0 Å². The van der Waals surface area contributed by atoms with Gasteiger partial charge in [-0.15, -0.1) is 0 Å². The van der Waals surface area contributed by atoms with Crippen molar-refractivity contribution < 1.29 is 26.8 Å². The van der Waals surface area contributed by atoms with Crippen LogP contribution < -0.4 is 15.6 Å². The Labute approximate surface area is 247 Å². The average molecular weight is 608 g/mol. The van der Waals surface area contributed by atoms with Crippen molar-refractivity contribution in [3.63, 3.8) is 0 Å². The number of sulfonamides is 1. The molecule has 1 aliphatic carbocycles. The predicted molar refractivity (Wildman–Crippen MR) is 159 cm³/mol. The van der Waals surface area contributed by atoms with Crippen molar-refractivity contribution >= 4 is 32.6 Å². The minimum atomic E-state index is -3.61. The van der Waals surface area contributed by atoms with Crippen molar-refractivity contribution in [2.45, 2.75) is 56.7 Å². The van der Waals surface area contributed by atoms with Gasteiger partial charge in [-0.2, -0.15) is 0 Å². The van der Waals surface area contributed by atoms with Gasteiger partial charge in [-0.3, -0.25) is 23.7 Å². The van der Waals surface area contributed by atoms with Gasteiger partial charge in [0.1, 0.15) is 11.6 Å². The van der Waals surface area contributed by atoms with Gasteiger partial charge in [0, 0.05) is 28.8 Å². The Bertz CT molecular complexity index is 1830. The van der Waals surface area contributed by atoms with Crippen molar-refractivity contribution in [2.24, 2.45) is 0 Å². The molecule has 3 aromatic carbocycles. The first kappa shape index (κ1) is 30.1. The van der Waals surface area contributed by atoms with E-state index >= 15 is 0 Å². The van der Waals surface area contributed by atoms with Crippen LogP contribution in [-0.4, -0.2) is 30.0 Å². The summed E-state index contributed by atoms with van der Waals surface area (Å²) in [5, 5.41) is 3.30. The summed E-state index contributed by atoms with van der Waals surface area (Å²) in [4.78, 5) is 38.9. The Balaban J connectivity index is 1.38. The molecule has 11 heteroatoms. The Morgan fingerprint density at radius 2 is 1.58 bits per heavy atom. The topological polar surface area (TPSA) is 114 Å². The second-order valence-corrected chi connectivity index (χ2v) is 12.7. The number of benzene rings is 3. The monoisotopic (exact) mass is 607 g/mol. The van der Waals surface area contributed by atoms with E-state index in [-0.39, 0.29) is 29.7 Å². The molecule has 1 fully saturated rings. The van der Waals surface area contributed by atoms with E-state index in [4.69, 9.17) is 0 Å². The maximum atomic E-state index is 13.7. The second kappa shape index (κ2) is 12.5. The first-order chi connectivity index (χ1) is 20.5. The van der Waals surface area contributed by atoms with Crippen molar-refractivity contribution in [1.29, 1.82) is 0 Å². The van der Waals surface area contributed by atoms with Gasteiger partial charge in [-0.1, -0.05) is 12.1 Å². The van der Waals surface area contributed by atoms with E-state index in [1.807, 2.05) is 0 Å². The van der Waals surface area contributed by atoms with E-state index in [1.165, 1.54) is 41.0 Å². The average Bonchev–Trinajstić information content (AvgIpc) is 3.83. The van der Waals surface area contributed by atoms with Gasteiger partial charge in [-0.25, -0.2) is 17.2 Å². The zero-order valence-electron chi connectivity index (χ0n) is 23.5. The largest absolute Gasteiger partial charge is 0.346 e. The van der Waals surface area contributed by atoms with E-state index in [9.17, 15) is 31.6 Å². The lowest BCUT2D eigenvalue weighted by atomic mass is 10.0. The molecule has 2 amide bonds. The van der Waals surface area contributed by atoms with E-state index in [0.29, 0.717) is 59.8 Å². The van der Waals surface area contributed by atoms with Crippen LogP contribution in [0.25, 0.3) is 16.5 Å². The van der Waals surface area contributed by atoms with Crippen LogP contribution in [0.15, 0.2) is 77.6 Å². The summed E-state index contributed by atoms with van der Waals surface area (Å²) in [6.45, 7) is 1.78. The highest BCUT2D eigenvalue weighted by atomic mass is 32.2. The quantitative estimate of drug-likeness (QED) is 0.231. The Hall–Kier alpha value is -4.38. The summed E-state index contributed by atoms with van der Waals surface area (Å²) in [6.07, 6.45) is 2.34. The number of amides is 2. The van der Waals surface area contributed by atoms with Crippen molar-refractivity contribution in [3.8, 4) is 5.69 Å². The van der Waals surface area contributed by atoms with E-state index in [1.54, 1.807) is 43.3 Å². The molecule has 8 nitrogen and oxygen atoms in total. The molecule has 4 aromatic rings. The number of unbranched alkanes of at least 4 members (excludes halogenated alkanes) is 1. The fourth-order valence-electron chi connectivity index (χ4n) is 4.95. The number of hydrogen-bond donors (Lipinski definition) is 2. The summed E-state index contributed by atoms with van der Waals surface area (Å²) in [5.74, 6) is -1.75. The second-order valence-electron chi connectivity index (χ2n) is 10.8. The van der Waals surface area contributed by atoms with Crippen LogP contribution in [0.5, 0.6) is 0 Å². The molecule has 0 spiro atoms. The smallest absolute Gasteiger partial charge is 0.263 e. The van der Waals surface area contributed by atoms with Gasteiger partial charge in [0.15, 0.2) is 0 Å². The number of nitrogens with one attached hydrogen (secondary N) is 2. The molecule has 43 heavy (non-hydrogen) atoms. The lowest BCUT2D eigenvalue weighted by Gasteiger charge is -2.17. The highest BCUT2D eigenvalue weighted by Gasteiger charge is 2.36. The third kappa shape index (κ3) is 7.16. The van der Waals surface area contributed by atoms with E-state index < -0.39 is 27.0 Å². The van der Waals surface area contributed by atoms with Crippen LogP contribution in [0.3, 0.4) is 0 Å². The molecule has 224 valence electrons. The molecule has 1 saturated carbocycles. The van der Waals surface area contributed by atoms with E-state index in [2.05, 4.69) is 10.0 Å². The molecule has 5 rings (SSSR count). The number of rotatable bonds is 11. The fourth-order valence-corrected chi connectivity index (χ4v) is 6.29. The highest BCUT2D eigenvalue weighted by molar-refractivity contribution is 7.90. The van der Waals surface area contributed by atoms with Crippen LogP contribution >= 0.6 is 0 Å². The minimum Gasteiger partial charge on any atom is -0.346 e. The number of aryl methyl sites for hydroxylation is 1. The molecule has 0 bridgehead atoms. The lowest BCUT2D eigenvalue weighted by Crippen LogP contribution is -2.33. The highest BCUT2D eigenvalue weighted by Crippen LogP contribution is 2.27. The van der Waals surface area contributed by atoms with Gasteiger partial charge in [0.25, 0.3) is 11.5 Å². The van der Waals surface area contributed by atoms with E-state index in [0.717, 1.165) is 5.56 Å². The third-order valence-corrected chi connectivity index (χ3v) is 9.33. The standard InChI is InChI=1S/C32H31F2N3O5S/c1-20(21-6-9-24(33)10-7-21)35-31(39)22-8-17-29-23(18-22)19-27(37(32(29)40)26-13-11-25(34)12-14-26)4-2-3-5-30(38)36-43(41,42)28-15-16-28/h6-14,17-20,28H,2-5,15-16H2,1H3,(H,35,39)(H,36,38)/t20-/m1/s1. The van der Waals surface area contributed by atoms with Crippen LogP contribution in [0.2, 0.25) is 0 Å². The van der Waals surface area contributed by atoms with Crippen LogP contribution in [0.1, 0.15) is 66.7 Å². The molecule has 1 aliphatic rings. The summed E-state index contributed by atoms with van der Waals surface area (Å²) in [5.41, 5.74) is 1.77. The Kier molecular flexibility index (Phi) is 8.72. The Morgan fingerprint density at radius 3 is 2.23 bits per heavy atom. The number of hydrogen-bond acceptors (Lipinski definition) is 5. The number of nitrogens with zero attached hydrogens (tertiary/aromatic N) is 1. The van der Waals surface area contributed by atoms with Gasteiger partial charge >= 0.3 is 0 Å². The summed E-state index contributed by atoms with van der Waals surface area (Å²) in [6, 6.07) is 17.5. The number of halogens is 2. The van der Waals surface area contributed by atoms with Gasteiger partial charge in [0.2, 0.25) is 15.9 Å². The molecular formula is C32H31F2N3O5S. The molecule has 1 heterocycles. The fraction of sp³-hybridized carbons (Fsp3) is 0.281. The van der Waals surface area contributed by atoms with Crippen molar-refractivity contribution in [3.05, 3.63) is 112 Å². The minimum absolute atomic E-state index is 0.0108. The maximum Gasteiger partial charge on any atom is 0.263 e. The normalized spacial score (nSPS) is 13.9. The number of carbonyl (C=O) groups excluding carboxylic acids is 2. The van der Waals surface area contributed by atoms with Gasteiger partial charge < -0.3 is 5.32 Å². The first-order valence-corrected chi connectivity index (χ1v) is 15.6. The summed E-state index contributed by atoms with van der Waals surface area (Å²) in [7, 11) is -3.61. The zero-order valence-corrected chi connectivity index (χ0v) is 24.3. The molecule has 0 aliphatic heterocycles. The van der Waals surface area contributed by atoms with Crippen molar-refractivity contribution in [1.82, 2.24) is 14.6 Å². The molecule has 0 saturated heterocycles. The first-order valence-electron chi connectivity index (χ1n) is 14.1. The molecule has 2 N–H and O–H groups in total. The number of fused-ring (bicyclic) bond motifs is 1. The number of carbonyl (C=O) groups is 2. The van der Waals surface area contributed by atoms with Gasteiger partial charge in [-0.05, 0) is 111 Å². The van der Waals surface area contributed by atoms with Gasteiger partial charge in [0.05, 0.1) is 11.3 Å². The maximum absolute atomic E-state index is 13.7. The Morgan fingerprint density at radius 1 is 0.930 bits per heavy atom. The van der Waals surface area contributed by atoms with Crippen LogP contribution in [-0.2, 0) is 21.2 Å². The molecule has 0 radical (unpaired) electrons. The molecule has 0 unspecified atom stereocenters. The molecule has 1 aromatic heterocycles. The lowest BCUT2D eigenvalue weighted by molar-refractivity contribution is -0.119. The third-order valence-electron chi connectivity index (χ3n) is 7.47. The van der Waals surface area contributed by atoms with Crippen LogP contribution in [0, 0.1) is 11.6 Å². The SMILES string of the molecule is C[C@@H](NC(=O)c1ccc2c(=O)n(-c3ccc(F)cc3)c(CCCCC(=O)NS(=O)(=O)C3CC3)cc2c1)c1ccc(F)cc1. The van der Waals surface area contributed by atoms with Crippen LogP contribution in [0.4, 0.5) is 8.78 Å². The number of aromatic nitrogens is 1.